The summed E-state index contributed by atoms with van der Waals surface area (Å²) in [5.74, 6) is 0.127. The van der Waals surface area contributed by atoms with Gasteiger partial charge in [-0.1, -0.05) is 48.0 Å². The fraction of sp³-hybridized carbons (Fsp3) is 0.350. The number of halogens is 1. The van der Waals surface area contributed by atoms with Gasteiger partial charge in [-0.25, -0.2) is 0 Å². The zero-order valence-corrected chi connectivity index (χ0v) is 15.5. The van der Waals surface area contributed by atoms with Crippen LogP contribution < -0.4 is 4.90 Å². The zero-order chi connectivity index (χ0) is 17.8. The van der Waals surface area contributed by atoms with E-state index >= 15 is 0 Å². The second kappa shape index (κ2) is 7.89. The van der Waals surface area contributed by atoms with E-state index in [1.165, 1.54) is 0 Å². The molecule has 1 aliphatic rings. The summed E-state index contributed by atoms with van der Waals surface area (Å²) in [7, 11) is 3.64. The van der Waals surface area contributed by atoms with Crippen LogP contribution in [0.4, 0.5) is 5.69 Å². The summed E-state index contributed by atoms with van der Waals surface area (Å²) in [6.45, 7) is 3.44. The molecular weight excluding hydrogens is 334 g/mol. The molecule has 0 spiro atoms. The van der Waals surface area contributed by atoms with Crippen LogP contribution in [-0.2, 0) is 4.79 Å². The number of hydrogen-bond donors (Lipinski definition) is 0. The molecule has 1 aliphatic heterocycles. The van der Waals surface area contributed by atoms with Gasteiger partial charge >= 0.3 is 0 Å². The SMILES string of the molecule is CN(C)C(=O)C(c1ccccc1)N1CCN(c2cccc(Cl)c2)CC1. The molecule has 0 saturated carbocycles. The number of rotatable bonds is 4. The van der Waals surface area contributed by atoms with Crippen molar-refractivity contribution in [2.75, 3.05) is 45.2 Å². The lowest BCUT2D eigenvalue weighted by molar-refractivity contribution is -0.134. The normalized spacial score (nSPS) is 16.5. The van der Waals surface area contributed by atoms with Crippen LogP contribution in [0.5, 0.6) is 0 Å². The highest BCUT2D eigenvalue weighted by atomic mass is 35.5. The van der Waals surface area contributed by atoms with E-state index < -0.39 is 0 Å². The molecule has 1 amide bonds. The Morgan fingerprint density at radius 1 is 1.00 bits per heavy atom. The molecule has 2 aromatic carbocycles. The van der Waals surface area contributed by atoms with E-state index in [1.54, 1.807) is 4.90 Å². The van der Waals surface area contributed by atoms with Crippen LogP contribution >= 0.6 is 11.6 Å². The average Bonchev–Trinajstić information content (AvgIpc) is 2.63. The molecule has 5 heteroatoms. The van der Waals surface area contributed by atoms with Crippen LogP contribution in [0.3, 0.4) is 0 Å². The Labute approximate surface area is 154 Å². The minimum atomic E-state index is -0.224. The summed E-state index contributed by atoms with van der Waals surface area (Å²) >= 11 is 6.11. The van der Waals surface area contributed by atoms with Crippen molar-refractivity contribution < 1.29 is 4.79 Å². The number of benzene rings is 2. The Balaban J connectivity index is 1.75. The first-order valence-corrected chi connectivity index (χ1v) is 8.95. The predicted molar refractivity (Wildman–Crippen MR) is 103 cm³/mol. The minimum absolute atomic E-state index is 0.127. The maximum absolute atomic E-state index is 12.8. The highest BCUT2D eigenvalue weighted by molar-refractivity contribution is 6.30. The van der Waals surface area contributed by atoms with Crippen molar-refractivity contribution in [3.8, 4) is 0 Å². The van der Waals surface area contributed by atoms with Gasteiger partial charge in [0.2, 0.25) is 5.91 Å². The van der Waals surface area contributed by atoms with Gasteiger partial charge in [0.1, 0.15) is 6.04 Å². The van der Waals surface area contributed by atoms with Crippen LogP contribution in [0.2, 0.25) is 5.02 Å². The van der Waals surface area contributed by atoms with Crippen LogP contribution in [0, 0.1) is 0 Å². The Hall–Kier alpha value is -2.04. The number of carbonyl (C=O) groups excluding carboxylic acids is 1. The third-order valence-electron chi connectivity index (χ3n) is 4.64. The van der Waals surface area contributed by atoms with E-state index in [9.17, 15) is 4.79 Å². The van der Waals surface area contributed by atoms with Crippen LogP contribution in [-0.4, -0.2) is 56.0 Å². The molecule has 25 heavy (non-hydrogen) atoms. The number of amides is 1. The molecule has 1 saturated heterocycles. The van der Waals surface area contributed by atoms with Gasteiger partial charge < -0.3 is 9.80 Å². The standard InChI is InChI=1S/C20H24ClN3O/c1-22(2)20(25)19(16-7-4-3-5-8-16)24-13-11-23(12-14-24)18-10-6-9-17(21)15-18/h3-10,15,19H,11-14H2,1-2H3. The predicted octanol–water partition coefficient (Wildman–Crippen LogP) is 3.29. The van der Waals surface area contributed by atoms with E-state index in [1.807, 2.05) is 62.6 Å². The van der Waals surface area contributed by atoms with Gasteiger partial charge in [0.15, 0.2) is 0 Å². The van der Waals surface area contributed by atoms with Gasteiger partial charge in [-0.15, -0.1) is 0 Å². The highest BCUT2D eigenvalue weighted by Gasteiger charge is 2.31. The topological polar surface area (TPSA) is 26.8 Å². The van der Waals surface area contributed by atoms with Gasteiger partial charge in [-0.2, -0.15) is 0 Å². The van der Waals surface area contributed by atoms with Crippen molar-refractivity contribution >= 4 is 23.2 Å². The lowest BCUT2D eigenvalue weighted by atomic mass is 10.0. The van der Waals surface area contributed by atoms with Gasteiger partial charge in [0.05, 0.1) is 0 Å². The van der Waals surface area contributed by atoms with E-state index in [0.29, 0.717) is 0 Å². The highest BCUT2D eigenvalue weighted by Crippen LogP contribution is 2.26. The molecule has 1 atom stereocenters. The molecular formula is C20H24ClN3O. The summed E-state index contributed by atoms with van der Waals surface area (Å²) < 4.78 is 0. The summed E-state index contributed by atoms with van der Waals surface area (Å²) in [4.78, 5) is 19.1. The second-order valence-electron chi connectivity index (χ2n) is 6.55. The van der Waals surface area contributed by atoms with E-state index in [0.717, 1.165) is 42.5 Å². The lowest BCUT2D eigenvalue weighted by Crippen LogP contribution is -2.51. The smallest absolute Gasteiger partial charge is 0.244 e. The van der Waals surface area contributed by atoms with E-state index in [4.69, 9.17) is 11.6 Å². The van der Waals surface area contributed by atoms with Crippen molar-refractivity contribution in [3.63, 3.8) is 0 Å². The van der Waals surface area contributed by atoms with Crippen molar-refractivity contribution in [2.45, 2.75) is 6.04 Å². The van der Waals surface area contributed by atoms with Gasteiger partial charge in [0, 0.05) is 51.0 Å². The maximum atomic E-state index is 12.8. The quantitative estimate of drug-likeness (QED) is 0.840. The van der Waals surface area contributed by atoms with E-state index in [-0.39, 0.29) is 11.9 Å². The maximum Gasteiger partial charge on any atom is 0.244 e. The Bertz CT molecular complexity index is 712. The molecule has 0 N–H and O–H groups in total. The molecule has 1 unspecified atom stereocenters. The second-order valence-corrected chi connectivity index (χ2v) is 6.99. The number of anilines is 1. The minimum Gasteiger partial charge on any atom is -0.369 e. The Kier molecular flexibility index (Phi) is 5.61. The first-order chi connectivity index (χ1) is 12.1. The largest absolute Gasteiger partial charge is 0.369 e. The summed E-state index contributed by atoms with van der Waals surface area (Å²) in [5.41, 5.74) is 2.19. The van der Waals surface area contributed by atoms with Crippen LogP contribution in [0.15, 0.2) is 54.6 Å². The number of likely N-dealkylation sites (N-methyl/N-ethyl adjacent to an activating group) is 1. The first kappa shape index (κ1) is 17.8. The molecule has 132 valence electrons. The molecule has 1 heterocycles. The molecule has 0 aliphatic carbocycles. The monoisotopic (exact) mass is 357 g/mol. The summed E-state index contributed by atoms with van der Waals surface area (Å²) in [6.07, 6.45) is 0. The van der Waals surface area contributed by atoms with Gasteiger partial charge in [0.25, 0.3) is 0 Å². The Morgan fingerprint density at radius 3 is 2.28 bits per heavy atom. The number of hydrogen-bond acceptors (Lipinski definition) is 3. The number of carbonyl (C=O) groups is 1. The molecule has 2 aromatic rings. The van der Waals surface area contributed by atoms with Crippen molar-refractivity contribution in [1.29, 1.82) is 0 Å². The zero-order valence-electron chi connectivity index (χ0n) is 14.7. The third kappa shape index (κ3) is 4.14. The first-order valence-electron chi connectivity index (χ1n) is 8.57. The fourth-order valence-corrected chi connectivity index (χ4v) is 3.49. The molecule has 4 nitrogen and oxygen atoms in total. The van der Waals surface area contributed by atoms with Crippen molar-refractivity contribution in [1.82, 2.24) is 9.80 Å². The molecule has 1 fully saturated rings. The van der Waals surface area contributed by atoms with Crippen molar-refractivity contribution in [3.05, 3.63) is 65.2 Å². The lowest BCUT2D eigenvalue weighted by Gasteiger charge is -2.40. The average molecular weight is 358 g/mol. The molecule has 0 radical (unpaired) electrons. The Morgan fingerprint density at radius 2 is 1.68 bits per heavy atom. The third-order valence-corrected chi connectivity index (χ3v) is 4.88. The fourth-order valence-electron chi connectivity index (χ4n) is 3.30. The molecule has 3 rings (SSSR count). The van der Waals surface area contributed by atoms with Gasteiger partial charge in [-0.3, -0.25) is 9.69 Å². The molecule has 0 aromatic heterocycles. The van der Waals surface area contributed by atoms with Gasteiger partial charge in [-0.05, 0) is 23.8 Å². The summed E-state index contributed by atoms with van der Waals surface area (Å²) in [6, 6.07) is 17.8. The van der Waals surface area contributed by atoms with Crippen molar-refractivity contribution in [2.24, 2.45) is 0 Å². The van der Waals surface area contributed by atoms with Crippen LogP contribution in [0.25, 0.3) is 0 Å². The van der Waals surface area contributed by atoms with E-state index in [2.05, 4.69) is 15.9 Å². The van der Waals surface area contributed by atoms with Crippen LogP contribution in [0.1, 0.15) is 11.6 Å². The number of nitrogens with zero attached hydrogens (tertiary/aromatic N) is 3. The summed E-state index contributed by atoms with van der Waals surface area (Å²) in [5, 5.41) is 0.755. The number of piperazine rings is 1. The molecule has 0 bridgehead atoms.